The fraction of sp³-hybridized carbons (Fsp3) is 0.429. The molecule has 0 amide bonds. The number of thioether (sulfide) groups is 1. The Bertz CT molecular complexity index is 153. The van der Waals surface area contributed by atoms with Crippen molar-refractivity contribution in [3.63, 3.8) is 0 Å². The second-order valence-corrected chi connectivity index (χ2v) is 4.92. The SMILES string of the molecule is CC(C)Sc1cccs1. The molecule has 0 aliphatic rings. The number of hydrogen-bond acceptors (Lipinski definition) is 2. The van der Waals surface area contributed by atoms with Gasteiger partial charge in [0.2, 0.25) is 0 Å². The molecule has 0 aromatic carbocycles. The van der Waals surface area contributed by atoms with E-state index in [1.807, 2.05) is 23.1 Å². The van der Waals surface area contributed by atoms with Crippen LogP contribution in [0, 0.1) is 0 Å². The molecule has 0 atom stereocenters. The van der Waals surface area contributed by atoms with E-state index in [4.69, 9.17) is 0 Å². The van der Waals surface area contributed by atoms with Crippen LogP contribution in [-0.4, -0.2) is 5.25 Å². The highest BCUT2D eigenvalue weighted by Crippen LogP contribution is 2.26. The molecule has 2 heteroatoms. The average molecular weight is 158 g/mol. The Kier molecular flexibility index (Phi) is 2.61. The smallest absolute Gasteiger partial charge is 0.0600 e. The Morgan fingerprint density at radius 1 is 1.56 bits per heavy atom. The van der Waals surface area contributed by atoms with Crippen LogP contribution < -0.4 is 0 Å². The van der Waals surface area contributed by atoms with Gasteiger partial charge in [-0.2, -0.15) is 0 Å². The summed E-state index contributed by atoms with van der Waals surface area (Å²) in [5.41, 5.74) is 0. The predicted octanol–water partition coefficient (Wildman–Crippen LogP) is 3.25. The lowest BCUT2D eigenvalue weighted by Crippen LogP contribution is -1.81. The standard InChI is InChI=1S/C7H10S2/c1-6(2)9-7-4-3-5-8-7/h3-6H,1-2H3. The molecule has 0 nitrogen and oxygen atoms in total. The Morgan fingerprint density at radius 3 is 2.78 bits per heavy atom. The molecule has 0 spiro atoms. The van der Waals surface area contributed by atoms with Crippen LogP contribution in [0.4, 0.5) is 0 Å². The highest BCUT2D eigenvalue weighted by molar-refractivity contribution is 8.01. The largest absolute Gasteiger partial charge is 0.137 e. The lowest BCUT2D eigenvalue weighted by molar-refractivity contribution is 1.11. The first-order chi connectivity index (χ1) is 4.29. The first-order valence-corrected chi connectivity index (χ1v) is 4.75. The maximum atomic E-state index is 2.21. The summed E-state index contributed by atoms with van der Waals surface area (Å²) in [7, 11) is 0. The van der Waals surface area contributed by atoms with Crippen LogP contribution >= 0.6 is 23.1 Å². The first-order valence-electron chi connectivity index (χ1n) is 2.99. The molecule has 0 aliphatic carbocycles. The Labute approximate surface area is 64.3 Å². The van der Waals surface area contributed by atoms with Crippen molar-refractivity contribution in [2.75, 3.05) is 0 Å². The monoisotopic (exact) mass is 158 g/mol. The van der Waals surface area contributed by atoms with Gasteiger partial charge in [0.25, 0.3) is 0 Å². The fourth-order valence-corrected chi connectivity index (χ4v) is 2.60. The average Bonchev–Trinajstić information content (AvgIpc) is 2.15. The van der Waals surface area contributed by atoms with Crippen molar-refractivity contribution in [3.05, 3.63) is 17.5 Å². The molecule has 0 aliphatic heterocycles. The minimum atomic E-state index is 0.712. The van der Waals surface area contributed by atoms with Crippen molar-refractivity contribution in [2.24, 2.45) is 0 Å². The van der Waals surface area contributed by atoms with E-state index in [2.05, 4.69) is 31.4 Å². The lowest BCUT2D eigenvalue weighted by atomic mass is 10.6. The summed E-state index contributed by atoms with van der Waals surface area (Å²) < 4.78 is 1.42. The van der Waals surface area contributed by atoms with Gasteiger partial charge >= 0.3 is 0 Å². The number of rotatable bonds is 2. The molecule has 0 bridgehead atoms. The van der Waals surface area contributed by atoms with Crippen molar-refractivity contribution < 1.29 is 0 Å². The van der Waals surface area contributed by atoms with E-state index in [1.54, 1.807) is 0 Å². The summed E-state index contributed by atoms with van der Waals surface area (Å²) >= 11 is 3.74. The number of thiophene rings is 1. The van der Waals surface area contributed by atoms with E-state index in [1.165, 1.54) is 4.21 Å². The molecule has 1 heterocycles. The maximum Gasteiger partial charge on any atom is 0.0600 e. The molecule has 9 heavy (non-hydrogen) atoms. The summed E-state index contributed by atoms with van der Waals surface area (Å²) in [6.07, 6.45) is 0. The number of hydrogen-bond donors (Lipinski definition) is 0. The second-order valence-electron chi connectivity index (χ2n) is 2.10. The highest BCUT2D eigenvalue weighted by Gasteiger charge is 1.96. The molecule has 50 valence electrons. The summed E-state index contributed by atoms with van der Waals surface area (Å²) in [5, 5.41) is 2.83. The third kappa shape index (κ3) is 2.41. The summed E-state index contributed by atoms with van der Waals surface area (Å²) in [5.74, 6) is 0. The zero-order chi connectivity index (χ0) is 6.69. The maximum absolute atomic E-state index is 2.21. The van der Waals surface area contributed by atoms with Gasteiger partial charge in [0.1, 0.15) is 0 Å². The zero-order valence-corrected chi connectivity index (χ0v) is 7.26. The van der Waals surface area contributed by atoms with Crippen LogP contribution in [0.2, 0.25) is 0 Å². The first kappa shape index (κ1) is 7.16. The van der Waals surface area contributed by atoms with E-state index < -0.39 is 0 Å². The Hall–Kier alpha value is 0.0500. The second kappa shape index (κ2) is 3.28. The van der Waals surface area contributed by atoms with Gasteiger partial charge in [-0.05, 0) is 11.4 Å². The molecule has 1 rings (SSSR count). The van der Waals surface area contributed by atoms with Crippen LogP contribution in [0.5, 0.6) is 0 Å². The molecular weight excluding hydrogens is 148 g/mol. The van der Waals surface area contributed by atoms with Gasteiger partial charge in [-0.15, -0.1) is 23.1 Å². The Morgan fingerprint density at radius 2 is 2.33 bits per heavy atom. The minimum absolute atomic E-state index is 0.712. The van der Waals surface area contributed by atoms with Crippen molar-refractivity contribution in [1.29, 1.82) is 0 Å². The van der Waals surface area contributed by atoms with Crippen LogP contribution in [0.3, 0.4) is 0 Å². The fourth-order valence-electron chi connectivity index (χ4n) is 0.563. The quantitative estimate of drug-likeness (QED) is 0.595. The molecule has 1 aromatic heterocycles. The normalized spacial score (nSPS) is 10.6. The highest BCUT2D eigenvalue weighted by atomic mass is 32.2. The molecule has 0 unspecified atom stereocenters. The van der Waals surface area contributed by atoms with Gasteiger partial charge in [-0.1, -0.05) is 19.9 Å². The van der Waals surface area contributed by atoms with Crippen molar-refractivity contribution in [3.8, 4) is 0 Å². The molecule has 1 aromatic rings. The molecule has 0 saturated heterocycles. The van der Waals surface area contributed by atoms with Gasteiger partial charge < -0.3 is 0 Å². The summed E-state index contributed by atoms with van der Waals surface area (Å²) in [6, 6.07) is 4.25. The molecule has 0 radical (unpaired) electrons. The van der Waals surface area contributed by atoms with Crippen molar-refractivity contribution >= 4 is 23.1 Å². The lowest BCUT2D eigenvalue weighted by Gasteiger charge is -1.98. The van der Waals surface area contributed by atoms with Gasteiger partial charge in [0, 0.05) is 5.25 Å². The third-order valence-electron chi connectivity index (χ3n) is 0.847. The topological polar surface area (TPSA) is 0 Å². The molecule has 0 saturated carbocycles. The zero-order valence-electron chi connectivity index (χ0n) is 5.63. The van der Waals surface area contributed by atoms with Crippen LogP contribution in [0.1, 0.15) is 13.8 Å². The van der Waals surface area contributed by atoms with Crippen LogP contribution in [0.15, 0.2) is 21.7 Å². The summed E-state index contributed by atoms with van der Waals surface area (Å²) in [4.78, 5) is 0. The van der Waals surface area contributed by atoms with E-state index in [0.29, 0.717) is 5.25 Å². The van der Waals surface area contributed by atoms with E-state index >= 15 is 0 Å². The molecular formula is C7H10S2. The minimum Gasteiger partial charge on any atom is -0.137 e. The van der Waals surface area contributed by atoms with Gasteiger partial charge in [0.05, 0.1) is 4.21 Å². The van der Waals surface area contributed by atoms with E-state index in [9.17, 15) is 0 Å². The van der Waals surface area contributed by atoms with Gasteiger partial charge in [0.15, 0.2) is 0 Å². The molecule has 0 fully saturated rings. The summed E-state index contributed by atoms with van der Waals surface area (Å²) in [6.45, 7) is 4.43. The van der Waals surface area contributed by atoms with Crippen LogP contribution in [0.25, 0.3) is 0 Å². The van der Waals surface area contributed by atoms with Crippen molar-refractivity contribution in [1.82, 2.24) is 0 Å². The predicted molar refractivity (Wildman–Crippen MR) is 45.3 cm³/mol. The van der Waals surface area contributed by atoms with E-state index in [0.717, 1.165) is 0 Å². The molecule has 0 N–H and O–H groups in total. The third-order valence-corrected chi connectivity index (χ3v) is 2.93. The van der Waals surface area contributed by atoms with Crippen LogP contribution in [-0.2, 0) is 0 Å². The Balaban J connectivity index is 2.48. The van der Waals surface area contributed by atoms with E-state index in [-0.39, 0.29) is 0 Å². The van der Waals surface area contributed by atoms with Gasteiger partial charge in [-0.3, -0.25) is 0 Å². The van der Waals surface area contributed by atoms with Crippen molar-refractivity contribution in [2.45, 2.75) is 23.3 Å². The van der Waals surface area contributed by atoms with Gasteiger partial charge in [-0.25, -0.2) is 0 Å².